The molecule has 29 heavy (non-hydrogen) atoms. The number of carbonyl (C=O) groups excluding carboxylic acids is 2. The van der Waals surface area contributed by atoms with E-state index in [-0.39, 0.29) is 25.0 Å². The molecule has 0 saturated carbocycles. The highest BCUT2D eigenvalue weighted by Crippen LogP contribution is 2.09. The molecule has 5 heteroatoms. The number of ether oxygens (including phenoxy) is 1. The van der Waals surface area contributed by atoms with Crippen LogP contribution in [0.5, 0.6) is 0 Å². The van der Waals surface area contributed by atoms with Gasteiger partial charge in [-0.3, -0.25) is 9.59 Å². The predicted molar refractivity (Wildman–Crippen MR) is 122 cm³/mol. The molecule has 0 rings (SSSR count). The van der Waals surface area contributed by atoms with E-state index in [9.17, 15) is 9.59 Å². The second kappa shape index (κ2) is 20.2. The van der Waals surface area contributed by atoms with Crippen molar-refractivity contribution in [1.82, 2.24) is 9.80 Å². The molecule has 0 radical (unpaired) electrons. The SMILES string of the molecule is CCCCCCCCN(CCCCCCCC)C(=O)COCC(=O)N(C)CCC. The Hall–Kier alpha value is -1.10. The third kappa shape index (κ3) is 16.4. The molecular weight excluding hydrogens is 364 g/mol. The lowest BCUT2D eigenvalue weighted by molar-refractivity contribution is -0.141. The highest BCUT2D eigenvalue weighted by Gasteiger charge is 2.15. The zero-order valence-electron chi connectivity index (χ0n) is 19.8. The van der Waals surface area contributed by atoms with Crippen molar-refractivity contribution in [1.29, 1.82) is 0 Å². The minimum absolute atomic E-state index is 0.00981. The normalized spacial score (nSPS) is 10.9. The van der Waals surface area contributed by atoms with E-state index in [0.29, 0.717) is 0 Å². The predicted octanol–water partition coefficient (Wildman–Crippen LogP) is 5.42. The minimum Gasteiger partial charge on any atom is -0.362 e. The Labute approximate surface area is 180 Å². The van der Waals surface area contributed by atoms with E-state index in [0.717, 1.165) is 38.9 Å². The van der Waals surface area contributed by atoms with Crippen LogP contribution >= 0.6 is 0 Å². The standard InChI is InChI=1S/C24H48N2O3/c1-5-8-10-12-14-16-19-26(20-17-15-13-11-9-6-2)24(28)22-29-21-23(27)25(4)18-7-3/h5-22H2,1-4H3. The highest BCUT2D eigenvalue weighted by molar-refractivity contribution is 5.79. The Morgan fingerprint density at radius 3 is 1.52 bits per heavy atom. The van der Waals surface area contributed by atoms with Crippen molar-refractivity contribution in [2.45, 2.75) is 104 Å². The summed E-state index contributed by atoms with van der Waals surface area (Å²) in [6.45, 7) is 8.84. The van der Waals surface area contributed by atoms with Crippen LogP contribution in [0.2, 0.25) is 0 Å². The van der Waals surface area contributed by atoms with Gasteiger partial charge >= 0.3 is 0 Å². The quantitative estimate of drug-likeness (QED) is 0.251. The van der Waals surface area contributed by atoms with Gasteiger partial charge in [0.05, 0.1) is 0 Å². The summed E-state index contributed by atoms with van der Waals surface area (Å²) >= 11 is 0. The van der Waals surface area contributed by atoms with Crippen LogP contribution in [0.25, 0.3) is 0 Å². The van der Waals surface area contributed by atoms with E-state index in [2.05, 4.69) is 13.8 Å². The molecule has 0 aliphatic heterocycles. The molecule has 172 valence electrons. The molecule has 0 bridgehead atoms. The average Bonchev–Trinajstić information content (AvgIpc) is 2.71. The minimum atomic E-state index is -0.0574. The van der Waals surface area contributed by atoms with Crippen LogP contribution in [0.15, 0.2) is 0 Å². The maximum absolute atomic E-state index is 12.6. The third-order valence-electron chi connectivity index (χ3n) is 5.35. The van der Waals surface area contributed by atoms with Crippen LogP contribution in [-0.4, -0.2) is 61.5 Å². The lowest BCUT2D eigenvalue weighted by Crippen LogP contribution is -2.37. The third-order valence-corrected chi connectivity index (χ3v) is 5.35. The Bertz CT molecular complexity index is 386. The fourth-order valence-electron chi connectivity index (χ4n) is 3.41. The van der Waals surface area contributed by atoms with Gasteiger partial charge < -0.3 is 14.5 Å². The first kappa shape index (κ1) is 27.9. The van der Waals surface area contributed by atoms with Crippen LogP contribution in [-0.2, 0) is 14.3 Å². The summed E-state index contributed by atoms with van der Waals surface area (Å²) in [4.78, 5) is 28.2. The van der Waals surface area contributed by atoms with Gasteiger partial charge in [0, 0.05) is 26.7 Å². The van der Waals surface area contributed by atoms with Crippen molar-refractivity contribution < 1.29 is 14.3 Å². The van der Waals surface area contributed by atoms with Crippen molar-refractivity contribution >= 4 is 11.8 Å². The van der Waals surface area contributed by atoms with Crippen molar-refractivity contribution in [3.8, 4) is 0 Å². The van der Waals surface area contributed by atoms with Crippen molar-refractivity contribution in [3.05, 3.63) is 0 Å². The zero-order valence-corrected chi connectivity index (χ0v) is 19.8. The first-order chi connectivity index (χ1) is 14.1. The van der Waals surface area contributed by atoms with Crippen molar-refractivity contribution in [3.63, 3.8) is 0 Å². The molecule has 0 aliphatic carbocycles. The lowest BCUT2D eigenvalue weighted by atomic mass is 10.1. The molecule has 0 fully saturated rings. The largest absolute Gasteiger partial charge is 0.362 e. The molecule has 0 N–H and O–H groups in total. The number of likely N-dealkylation sites (N-methyl/N-ethyl adjacent to an activating group) is 1. The molecule has 0 aromatic heterocycles. The van der Waals surface area contributed by atoms with E-state index in [1.54, 1.807) is 11.9 Å². The summed E-state index contributed by atoms with van der Waals surface area (Å²) in [6, 6.07) is 0. The number of nitrogens with zero attached hydrogens (tertiary/aromatic N) is 2. The first-order valence-electron chi connectivity index (χ1n) is 12.2. The second-order valence-corrected chi connectivity index (χ2v) is 8.22. The van der Waals surface area contributed by atoms with Gasteiger partial charge in [0.25, 0.3) is 0 Å². The highest BCUT2D eigenvalue weighted by atomic mass is 16.5. The molecular formula is C24H48N2O3. The maximum atomic E-state index is 12.6. The molecule has 0 saturated heterocycles. The number of hydrogen-bond donors (Lipinski definition) is 0. The summed E-state index contributed by atoms with van der Waals surface area (Å²) < 4.78 is 5.44. The summed E-state index contributed by atoms with van der Waals surface area (Å²) in [5.74, 6) is -0.0314. The molecule has 0 atom stereocenters. The second-order valence-electron chi connectivity index (χ2n) is 8.22. The van der Waals surface area contributed by atoms with Gasteiger partial charge in [-0.2, -0.15) is 0 Å². The Kier molecular flexibility index (Phi) is 19.4. The van der Waals surface area contributed by atoms with Crippen LogP contribution in [0.4, 0.5) is 0 Å². The van der Waals surface area contributed by atoms with E-state index in [1.165, 1.54) is 64.2 Å². The number of unbranched alkanes of at least 4 members (excludes halogenated alkanes) is 10. The van der Waals surface area contributed by atoms with Gasteiger partial charge in [-0.25, -0.2) is 0 Å². The number of hydrogen-bond acceptors (Lipinski definition) is 3. The summed E-state index contributed by atoms with van der Waals surface area (Å²) in [6.07, 6.45) is 15.6. The van der Waals surface area contributed by atoms with E-state index >= 15 is 0 Å². The van der Waals surface area contributed by atoms with Crippen LogP contribution in [0, 0.1) is 0 Å². The molecule has 0 aromatic carbocycles. The summed E-state index contributed by atoms with van der Waals surface area (Å²) in [5.41, 5.74) is 0. The lowest BCUT2D eigenvalue weighted by Gasteiger charge is -2.23. The van der Waals surface area contributed by atoms with Crippen LogP contribution in [0.3, 0.4) is 0 Å². The zero-order chi connectivity index (χ0) is 21.7. The van der Waals surface area contributed by atoms with E-state index in [1.807, 2.05) is 11.8 Å². The van der Waals surface area contributed by atoms with Gasteiger partial charge in [-0.15, -0.1) is 0 Å². The van der Waals surface area contributed by atoms with Gasteiger partial charge in [0.2, 0.25) is 11.8 Å². The monoisotopic (exact) mass is 412 g/mol. The molecule has 0 heterocycles. The van der Waals surface area contributed by atoms with Crippen molar-refractivity contribution in [2.75, 3.05) is 39.9 Å². The van der Waals surface area contributed by atoms with Gasteiger partial charge in [-0.05, 0) is 19.3 Å². The Morgan fingerprint density at radius 2 is 1.03 bits per heavy atom. The topological polar surface area (TPSA) is 49.9 Å². The smallest absolute Gasteiger partial charge is 0.248 e. The first-order valence-corrected chi connectivity index (χ1v) is 12.2. The number of rotatable bonds is 20. The van der Waals surface area contributed by atoms with Gasteiger partial charge in [-0.1, -0.05) is 85.0 Å². The average molecular weight is 413 g/mol. The summed E-state index contributed by atoms with van der Waals surface area (Å²) in [7, 11) is 1.78. The van der Waals surface area contributed by atoms with E-state index in [4.69, 9.17) is 4.74 Å². The van der Waals surface area contributed by atoms with Crippen LogP contribution in [0.1, 0.15) is 104 Å². The molecule has 0 aliphatic rings. The Balaban J connectivity index is 4.26. The van der Waals surface area contributed by atoms with Crippen molar-refractivity contribution in [2.24, 2.45) is 0 Å². The number of amides is 2. The molecule has 0 unspecified atom stereocenters. The molecule has 0 aromatic rings. The Morgan fingerprint density at radius 1 is 0.586 bits per heavy atom. The van der Waals surface area contributed by atoms with Gasteiger partial charge in [0.15, 0.2) is 0 Å². The molecule has 5 nitrogen and oxygen atoms in total. The van der Waals surface area contributed by atoms with Gasteiger partial charge in [0.1, 0.15) is 13.2 Å². The fraction of sp³-hybridized carbons (Fsp3) is 0.917. The number of carbonyl (C=O) groups is 2. The maximum Gasteiger partial charge on any atom is 0.248 e. The molecule has 0 spiro atoms. The van der Waals surface area contributed by atoms with E-state index < -0.39 is 0 Å². The molecule has 2 amide bonds. The summed E-state index contributed by atoms with van der Waals surface area (Å²) in [5, 5.41) is 0. The van der Waals surface area contributed by atoms with Crippen LogP contribution < -0.4 is 0 Å². The fourth-order valence-corrected chi connectivity index (χ4v) is 3.41.